The molecule has 0 unspecified atom stereocenters. The molecule has 1 saturated heterocycles. The van der Waals surface area contributed by atoms with Gasteiger partial charge in [-0.2, -0.15) is 13.2 Å². The Morgan fingerprint density at radius 2 is 1.90 bits per heavy atom. The molecule has 4 aliphatic rings. The molecule has 14 heteroatoms. The summed E-state index contributed by atoms with van der Waals surface area (Å²) in [5, 5.41) is 44.6. The van der Waals surface area contributed by atoms with Crippen LogP contribution in [0.4, 0.5) is 13.2 Å². The average molecular weight is 600 g/mol. The lowest BCUT2D eigenvalue weighted by molar-refractivity contribution is -0.177. The Morgan fingerprint density at radius 3 is 2.49 bits per heavy atom. The van der Waals surface area contributed by atoms with Crippen molar-refractivity contribution < 1.29 is 48.0 Å². The highest BCUT2D eigenvalue weighted by atomic mass is 35.5. The zero-order valence-corrected chi connectivity index (χ0v) is 22.9. The van der Waals surface area contributed by atoms with Gasteiger partial charge < -0.3 is 26.2 Å². The normalized spacial score (nSPS) is 30.5. The molecule has 1 heterocycles. The second kappa shape index (κ2) is 9.72. The molecule has 0 saturated carbocycles. The minimum Gasteiger partial charge on any atom is -0.510 e. The Morgan fingerprint density at radius 1 is 1.24 bits per heavy atom. The number of Topliss-reactive ketones (excluding diaryl/α,β-unsaturated/α-hetero) is 2. The number of phenolic OH excluding ortho intramolecular Hbond substituents is 1. The fourth-order valence-electron chi connectivity index (χ4n) is 7.07. The number of aromatic hydroxyl groups is 1. The van der Waals surface area contributed by atoms with Gasteiger partial charge in [-0.25, -0.2) is 0 Å². The molecule has 1 fully saturated rings. The molecule has 1 aromatic rings. The fraction of sp³-hybridized carbons (Fsp3) is 0.519. The van der Waals surface area contributed by atoms with E-state index in [0.29, 0.717) is 6.42 Å². The van der Waals surface area contributed by atoms with E-state index in [2.05, 4.69) is 0 Å². The first-order valence-electron chi connectivity index (χ1n) is 13.0. The summed E-state index contributed by atoms with van der Waals surface area (Å²) >= 11 is 6.66. The number of carbonyl (C=O) groups excluding carboxylic acids is 3. The standard InChI is InChI=1S/C27H29ClF3N3O7/c1-33(2)20-13-7-10-6-12-17(14(35)8-11(19(12)28)9-34-5-3-4-15(34)27(29,30)31)21(36)16(10)23(38)26(13,41)24(39)18(22(20)37)25(32)40/h8,10,13,15,20,35,37-38,41H,3-7,9H2,1-2H3,(H2,32,40)/t10-,13-,15-,20-,26-/m0/s1. The molecule has 1 aliphatic heterocycles. The molecule has 6 N–H and O–H groups in total. The third kappa shape index (κ3) is 4.24. The number of amides is 1. The Balaban J connectivity index is 1.60. The number of ketones is 2. The predicted octanol–water partition coefficient (Wildman–Crippen LogP) is 2.30. The number of allylic oxidation sites excluding steroid dienone is 1. The molecule has 222 valence electrons. The number of nitrogens with zero attached hydrogens (tertiary/aromatic N) is 2. The van der Waals surface area contributed by atoms with Crippen LogP contribution in [0.15, 0.2) is 28.7 Å². The summed E-state index contributed by atoms with van der Waals surface area (Å²) in [5.41, 5.74) is 1.36. The molecular formula is C27H29ClF3N3O7. The first kappa shape index (κ1) is 29.4. The number of aliphatic hydroxyl groups is 3. The van der Waals surface area contributed by atoms with E-state index in [1.54, 1.807) is 0 Å². The highest BCUT2D eigenvalue weighted by molar-refractivity contribution is 6.33. The van der Waals surface area contributed by atoms with Crippen molar-refractivity contribution in [3.05, 3.63) is 50.4 Å². The fourth-order valence-corrected chi connectivity index (χ4v) is 7.36. The van der Waals surface area contributed by atoms with Crippen LogP contribution in [0.3, 0.4) is 0 Å². The number of phenols is 1. The number of benzene rings is 1. The van der Waals surface area contributed by atoms with Gasteiger partial charge in [-0.3, -0.25) is 24.2 Å². The SMILES string of the molecule is CN(C)[C@@H]1C(O)=C(C(N)=O)C(=O)[C@@]2(O)C(O)=C3C(=O)c4c(O)cc(CN5CCC[C@H]5C(F)(F)F)c(Cl)c4C[C@H]3C[C@@H]12. The number of hydrogen-bond acceptors (Lipinski definition) is 9. The third-order valence-electron chi connectivity index (χ3n) is 8.85. The van der Waals surface area contributed by atoms with Gasteiger partial charge in [0, 0.05) is 23.1 Å². The first-order valence-corrected chi connectivity index (χ1v) is 13.4. The lowest BCUT2D eigenvalue weighted by Crippen LogP contribution is -2.63. The Hall–Kier alpha value is -3.13. The molecule has 41 heavy (non-hydrogen) atoms. The van der Waals surface area contributed by atoms with E-state index in [4.69, 9.17) is 17.3 Å². The number of fused-ring (bicyclic) bond motifs is 3. The van der Waals surface area contributed by atoms with E-state index in [9.17, 15) is 48.0 Å². The quantitative estimate of drug-likeness (QED) is 0.327. The maximum absolute atomic E-state index is 13.7. The summed E-state index contributed by atoms with van der Waals surface area (Å²) in [6.45, 7) is -0.0457. The summed E-state index contributed by atoms with van der Waals surface area (Å²) in [7, 11) is 3.03. The van der Waals surface area contributed by atoms with Crippen molar-refractivity contribution in [1.29, 1.82) is 0 Å². The second-order valence-corrected chi connectivity index (χ2v) is 11.7. The third-order valence-corrected chi connectivity index (χ3v) is 9.32. The van der Waals surface area contributed by atoms with Crippen LogP contribution in [-0.2, 0) is 22.6 Å². The second-order valence-electron chi connectivity index (χ2n) is 11.4. The van der Waals surface area contributed by atoms with E-state index in [1.165, 1.54) is 23.9 Å². The lowest BCUT2D eigenvalue weighted by atomic mass is 9.58. The van der Waals surface area contributed by atoms with Gasteiger partial charge >= 0.3 is 6.18 Å². The maximum atomic E-state index is 13.7. The van der Waals surface area contributed by atoms with Crippen molar-refractivity contribution >= 4 is 29.1 Å². The zero-order valence-electron chi connectivity index (χ0n) is 22.1. The van der Waals surface area contributed by atoms with E-state index in [1.807, 2.05) is 0 Å². The molecule has 0 spiro atoms. The Bertz CT molecular complexity index is 1440. The van der Waals surface area contributed by atoms with Gasteiger partial charge in [-0.05, 0) is 69.4 Å². The van der Waals surface area contributed by atoms with Crippen molar-refractivity contribution in [2.45, 2.75) is 56.1 Å². The summed E-state index contributed by atoms with van der Waals surface area (Å²) < 4.78 is 40.6. The maximum Gasteiger partial charge on any atom is 0.404 e. The first-order chi connectivity index (χ1) is 19.0. The lowest BCUT2D eigenvalue weighted by Gasteiger charge is -2.50. The summed E-state index contributed by atoms with van der Waals surface area (Å²) in [6, 6.07) is -1.70. The van der Waals surface area contributed by atoms with Crippen LogP contribution in [-0.4, -0.2) is 92.2 Å². The van der Waals surface area contributed by atoms with Crippen LogP contribution in [0.1, 0.15) is 40.7 Å². The largest absolute Gasteiger partial charge is 0.510 e. The van der Waals surface area contributed by atoms with E-state index < -0.39 is 76.0 Å². The zero-order chi connectivity index (χ0) is 30.3. The van der Waals surface area contributed by atoms with Crippen LogP contribution in [0, 0.1) is 11.8 Å². The number of hydrogen-bond donors (Lipinski definition) is 5. The molecule has 0 bridgehead atoms. The Labute approximate surface area is 237 Å². The number of rotatable bonds is 4. The molecule has 0 aromatic heterocycles. The topological polar surface area (TPSA) is 165 Å². The number of halogens is 4. The van der Waals surface area contributed by atoms with Gasteiger partial charge in [0.05, 0.1) is 11.6 Å². The van der Waals surface area contributed by atoms with Crippen molar-refractivity contribution in [1.82, 2.24) is 9.80 Å². The van der Waals surface area contributed by atoms with Crippen molar-refractivity contribution in [3.63, 3.8) is 0 Å². The van der Waals surface area contributed by atoms with Crippen LogP contribution in [0.2, 0.25) is 5.02 Å². The number of likely N-dealkylation sites (N-methyl/N-ethyl adjacent to an activating group) is 1. The van der Waals surface area contributed by atoms with Crippen LogP contribution < -0.4 is 5.73 Å². The molecule has 5 rings (SSSR count). The number of primary amides is 1. The van der Waals surface area contributed by atoms with E-state index in [0.717, 1.165) is 6.07 Å². The predicted molar refractivity (Wildman–Crippen MR) is 138 cm³/mol. The van der Waals surface area contributed by atoms with Crippen LogP contribution in [0.25, 0.3) is 0 Å². The van der Waals surface area contributed by atoms with Gasteiger partial charge in [-0.1, -0.05) is 11.6 Å². The van der Waals surface area contributed by atoms with Crippen molar-refractivity contribution in [3.8, 4) is 5.75 Å². The van der Waals surface area contributed by atoms with Gasteiger partial charge in [0.25, 0.3) is 5.91 Å². The minimum absolute atomic E-state index is 0.000914. The van der Waals surface area contributed by atoms with Crippen LogP contribution in [0.5, 0.6) is 5.75 Å². The summed E-state index contributed by atoms with van der Waals surface area (Å²) in [5.74, 6) is -7.93. The highest BCUT2D eigenvalue weighted by Crippen LogP contribution is 2.53. The van der Waals surface area contributed by atoms with Crippen molar-refractivity contribution in [2.24, 2.45) is 17.6 Å². The molecule has 0 radical (unpaired) electrons. The van der Waals surface area contributed by atoms with Gasteiger partial charge in [0.2, 0.25) is 5.78 Å². The van der Waals surface area contributed by atoms with Gasteiger partial charge in [0.1, 0.15) is 28.9 Å². The number of nitrogens with two attached hydrogens (primary N) is 1. The monoisotopic (exact) mass is 599 g/mol. The molecule has 3 aliphatic carbocycles. The number of alkyl halides is 3. The molecule has 1 amide bonds. The number of carbonyl (C=O) groups is 3. The molecular weight excluding hydrogens is 571 g/mol. The van der Waals surface area contributed by atoms with Crippen molar-refractivity contribution in [2.75, 3.05) is 20.6 Å². The van der Waals surface area contributed by atoms with Gasteiger partial charge in [-0.15, -0.1) is 0 Å². The average Bonchev–Trinajstić information content (AvgIpc) is 3.33. The number of likely N-dealkylation sites (tertiary alicyclic amines) is 1. The minimum atomic E-state index is -4.44. The summed E-state index contributed by atoms with van der Waals surface area (Å²) in [6.07, 6.45) is -4.37. The molecule has 5 atom stereocenters. The summed E-state index contributed by atoms with van der Waals surface area (Å²) in [4.78, 5) is 41.7. The smallest absolute Gasteiger partial charge is 0.404 e. The molecule has 10 nitrogen and oxygen atoms in total. The van der Waals surface area contributed by atoms with E-state index >= 15 is 0 Å². The van der Waals surface area contributed by atoms with Crippen LogP contribution >= 0.6 is 11.6 Å². The van der Waals surface area contributed by atoms with E-state index in [-0.39, 0.29) is 59.6 Å². The Kier molecular flexibility index (Phi) is 6.96. The molecule has 1 aromatic carbocycles. The number of aliphatic hydroxyl groups excluding tert-OH is 2. The highest BCUT2D eigenvalue weighted by Gasteiger charge is 2.63. The van der Waals surface area contributed by atoms with Gasteiger partial charge in [0.15, 0.2) is 11.4 Å².